The van der Waals surface area contributed by atoms with Crippen LogP contribution in [0.2, 0.25) is 0 Å². The third kappa shape index (κ3) is 11.1. The predicted octanol–water partition coefficient (Wildman–Crippen LogP) is 9.27. The Balaban J connectivity index is 1.01. The maximum absolute atomic E-state index is 15.5. The number of benzene rings is 3. The Bertz CT molecular complexity index is 2210. The molecular weight excluding hydrogens is 798 g/mol. The summed E-state index contributed by atoms with van der Waals surface area (Å²) in [7, 11) is 0. The number of thiazole rings is 2. The van der Waals surface area contributed by atoms with Crippen molar-refractivity contribution < 1.29 is 28.5 Å². The van der Waals surface area contributed by atoms with Crippen LogP contribution >= 0.6 is 22.7 Å². The first kappa shape index (κ1) is 44.1. The molecule has 1 N–H and O–H groups in total. The summed E-state index contributed by atoms with van der Waals surface area (Å²) in [6, 6.07) is 19.5. The van der Waals surface area contributed by atoms with Crippen molar-refractivity contribution in [2.24, 2.45) is 0 Å². The highest BCUT2D eigenvalue weighted by Gasteiger charge is 2.41. The van der Waals surface area contributed by atoms with Crippen LogP contribution in [-0.4, -0.2) is 98.9 Å². The van der Waals surface area contributed by atoms with Crippen molar-refractivity contribution >= 4 is 38.8 Å². The van der Waals surface area contributed by atoms with E-state index in [0.29, 0.717) is 85.9 Å². The fraction of sp³-hybridized carbons (Fsp3) is 0.511. The molecule has 5 aromatic rings. The molecule has 0 bridgehead atoms. The van der Waals surface area contributed by atoms with Gasteiger partial charge in [-0.3, -0.25) is 14.6 Å². The van der Waals surface area contributed by atoms with Crippen LogP contribution in [0.1, 0.15) is 111 Å². The standard InChI is InChI=1S/C47H60FN5O5S2/c1-31(2)43-49-38(29-59-43)44(55)53-23-24-56-47(30-53)18-21-51(22-19-47)27-34-13-15-37(48)35(25-34)17-20-52(26-33-11-9-8-10-12-33)28-39(54)36-14-16-40(58-46(5,6)7)41-42(36)60-45(50-41)57-32(3)4/h8-16,25,29,31-32,39,54H,17-24,26-28,30H2,1-7H3/t39-/m1/s1. The fourth-order valence-corrected chi connectivity index (χ4v) is 9.96. The average Bonchev–Trinajstić information content (AvgIpc) is 3.87. The van der Waals surface area contributed by atoms with E-state index in [2.05, 4.69) is 40.8 Å². The van der Waals surface area contributed by atoms with Gasteiger partial charge in [-0.25, -0.2) is 9.37 Å². The zero-order valence-electron chi connectivity index (χ0n) is 36.1. The van der Waals surface area contributed by atoms with Gasteiger partial charge in [0.25, 0.3) is 11.1 Å². The van der Waals surface area contributed by atoms with Gasteiger partial charge in [-0.2, -0.15) is 4.98 Å². The Labute approximate surface area is 362 Å². The quantitative estimate of drug-likeness (QED) is 0.111. The smallest absolute Gasteiger partial charge is 0.274 e. The number of carbonyl (C=O) groups excluding carboxylic acids is 1. The largest absolute Gasteiger partial charge is 0.486 e. The van der Waals surface area contributed by atoms with Crippen molar-refractivity contribution in [3.63, 3.8) is 0 Å². The average molecular weight is 858 g/mol. The first-order chi connectivity index (χ1) is 28.6. The Morgan fingerprint density at radius 3 is 2.48 bits per heavy atom. The third-order valence-corrected chi connectivity index (χ3v) is 13.2. The number of amides is 1. The number of hydrogen-bond acceptors (Lipinski definition) is 11. The molecule has 2 aromatic heterocycles. The number of ether oxygens (including phenoxy) is 3. The lowest BCUT2D eigenvalue weighted by Gasteiger charge is -2.47. The number of carbonyl (C=O) groups is 1. The number of morpholine rings is 1. The van der Waals surface area contributed by atoms with E-state index in [9.17, 15) is 9.90 Å². The van der Waals surface area contributed by atoms with Gasteiger partial charge >= 0.3 is 0 Å². The third-order valence-electron chi connectivity index (χ3n) is 11.1. The number of halogens is 1. The summed E-state index contributed by atoms with van der Waals surface area (Å²) >= 11 is 2.97. The second-order valence-electron chi connectivity index (χ2n) is 17.9. The predicted molar refractivity (Wildman–Crippen MR) is 238 cm³/mol. The molecule has 0 aliphatic carbocycles. The molecule has 2 aliphatic heterocycles. The molecule has 2 saturated heterocycles. The second kappa shape index (κ2) is 19.0. The van der Waals surface area contributed by atoms with E-state index < -0.39 is 11.7 Å². The molecule has 1 amide bonds. The van der Waals surface area contributed by atoms with Gasteiger partial charge in [0, 0.05) is 62.7 Å². The second-order valence-corrected chi connectivity index (χ2v) is 19.7. The zero-order chi connectivity index (χ0) is 42.6. The molecule has 60 heavy (non-hydrogen) atoms. The molecule has 2 aliphatic rings. The van der Waals surface area contributed by atoms with E-state index in [1.54, 1.807) is 17.4 Å². The molecular formula is C47H60FN5O5S2. The molecule has 0 radical (unpaired) electrons. The number of fused-ring (bicyclic) bond motifs is 1. The molecule has 7 rings (SSSR count). The van der Waals surface area contributed by atoms with Crippen molar-refractivity contribution in [2.75, 3.05) is 45.9 Å². The summed E-state index contributed by atoms with van der Waals surface area (Å²) in [6.45, 7) is 19.6. The number of aliphatic hydroxyl groups is 1. The van der Waals surface area contributed by atoms with Crippen LogP contribution in [0.25, 0.3) is 10.2 Å². The highest BCUT2D eigenvalue weighted by atomic mass is 32.1. The van der Waals surface area contributed by atoms with Crippen LogP contribution in [0.4, 0.5) is 4.39 Å². The first-order valence-electron chi connectivity index (χ1n) is 21.3. The lowest BCUT2D eigenvalue weighted by molar-refractivity contribution is -0.128. The molecule has 4 heterocycles. The molecule has 13 heteroatoms. The van der Waals surface area contributed by atoms with E-state index in [0.717, 1.165) is 52.3 Å². The molecule has 1 atom stereocenters. The van der Waals surface area contributed by atoms with Crippen LogP contribution in [0.5, 0.6) is 10.9 Å². The first-order valence-corrected chi connectivity index (χ1v) is 22.9. The van der Waals surface area contributed by atoms with Crippen molar-refractivity contribution in [3.05, 3.63) is 105 Å². The zero-order valence-corrected chi connectivity index (χ0v) is 37.7. The Morgan fingerprint density at radius 1 is 1.02 bits per heavy atom. The normalized spacial score (nSPS) is 16.7. The molecule has 10 nitrogen and oxygen atoms in total. The number of nitrogens with zero attached hydrogens (tertiary/aromatic N) is 5. The van der Waals surface area contributed by atoms with Crippen molar-refractivity contribution in [2.45, 2.75) is 110 Å². The van der Waals surface area contributed by atoms with Gasteiger partial charge in [0.05, 0.1) is 40.7 Å². The lowest BCUT2D eigenvalue weighted by atomic mass is 9.89. The van der Waals surface area contributed by atoms with E-state index in [-0.39, 0.29) is 23.4 Å². The van der Waals surface area contributed by atoms with Crippen molar-refractivity contribution in [3.8, 4) is 10.9 Å². The molecule has 0 unspecified atom stereocenters. The summed E-state index contributed by atoms with van der Waals surface area (Å²) in [5.74, 6) is 0.706. The molecule has 0 saturated carbocycles. The Kier molecular flexibility index (Phi) is 13.9. The van der Waals surface area contributed by atoms with Gasteiger partial charge < -0.3 is 24.2 Å². The number of aliphatic hydroxyl groups excluding tert-OH is 1. The van der Waals surface area contributed by atoms with Crippen LogP contribution < -0.4 is 9.47 Å². The molecule has 322 valence electrons. The fourth-order valence-electron chi connectivity index (χ4n) is 8.04. The van der Waals surface area contributed by atoms with E-state index in [1.165, 1.54) is 11.3 Å². The van der Waals surface area contributed by atoms with Crippen LogP contribution in [-0.2, 0) is 24.2 Å². The SMILES string of the molecule is CC(C)Oc1nc2c(OC(C)(C)C)ccc([C@H](O)CN(CCc3cc(CN4CCC5(CC4)CN(C(=O)c4csc(C(C)C)n4)CCO5)ccc3F)Cc3ccccc3)c2s1. The summed E-state index contributed by atoms with van der Waals surface area (Å²) in [5.41, 5.74) is 4.01. The minimum Gasteiger partial charge on any atom is -0.486 e. The van der Waals surface area contributed by atoms with Crippen molar-refractivity contribution in [1.82, 2.24) is 24.7 Å². The van der Waals surface area contributed by atoms with E-state index in [4.69, 9.17) is 19.2 Å². The van der Waals surface area contributed by atoms with Gasteiger partial charge in [0.15, 0.2) is 0 Å². The van der Waals surface area contributed by atoms with Gasteiger partial charge in [0.1, 0.15) is 28.4 Å². The van der Waals surface area contributed by atoms with Gasteiger partial charge in [-0.05, 0) is 82.7 Å². The lowest BCUT2D eigenvalue weighted by Crippen LogP contribution is -2.58. The maximum atomic E-state index is 15.5. The summed E-state index contributed by atoms with van der Waals surface area (Å²) in [6.07, 6.45) is 1.24. The van der Waals surface area contributed by atoms with Crippen LogP contribution in [0.3, 0.4) is 0 Å². The van der Waals surface area contributed by atoms with Crippen LogP contribution in [0.15, 0.2) is 66.0 Å². The van der Waals surface area contributed by atoms with E-state index in [1.807, 2.05) is 87.4 Å². The monoisotopic (exact) mass is 857 g/mol. The van der Waals surface area contributed by atoms with Gasteiger partial charge in [-0.1, -0.05) is 73.7 Å². The molecule has 3 aromatic carbocycles. The topological polar surface area (TPSA) is 100 Å². The minimum atomic E-state index is -0.839. The summed E-state index contributed by atoms with van der Waals surface area (Å²) in [4.78, 5) is 29.3. The maximum Gasteiger partial charge on any atom is 0.274 e. The number of piperidine rings is 1. The molecule has 1 spiro atoms. The highest BCUT2D eigenvalue weighted by molar-refractivity contribution is 7.20. The number of aromatic nitrogens is 2. The Morgan fingerprint density at radius 2 is 1.78 bits per heavy atom. The minimum absolute atomic E-state index is 0.0118. The highest BCUT2D eigenvalue weighted by Crippen LogP contribution is 2.40. The number of rotatable bonds is 15. The number of hydrogen-bond donors (Lipinski definition) is 1. The van der Waals surface area contributed by atoms with Crippen LogP contribution in [0, 0.1) is 5.82 Å². The number of likely N-dealkylation sites (tertiary alicyclic amines) is 1. The summed E-state index contributed by atoms with van der Waals surface area (Å²) in [5, 5.41) is 15.3. The summed E-state index contributed by atoms with van der Waals surface area (Å²) < 4.78 is 35.0. The molecule has 2 fully saturated rings. The van der Waals surface area contributed by atoms with E-state index >= 15 is 4.39 Å². The Hall–Kier alpha value is -3.98. The van der Waals surface area contributed by atoms with Crippen molar-refractivity contribution in [1.29, 1.82) is 0 Å². The van der Waals surface area contributed by atoms with Gasteiger partial charge in [-0.15, -0.1) is 11.3 Å². The van der Waals surface area contributed by atoms with Gasteiger partial charge in [0.2, 0.25) is 0 Å².